The Bertz CT molecular complexity index is 436. The highest BCUT2D eigenvalue weighted by Crippen LogP contribution is 2.23. The van der Waals surface area contributed by atoms with Gasteiger partial charge in [0.25, 0.3) is 0 Å². The number of amides is 1. The van der Waals surface area contributed by atoms with E-state index in [0.29, 0.717) is 6.54 Å². The van der Waals surface area contributed by atoms with Gasteiger partial charge in [-0.3, -0.25) is 4.79 Å². The van der Waals surface area contributed by atoms with Gasteiger partial charge >= 0.3 is 0 Å². The summed E-state index contributed by atoms with van der Waals surface area (Å²) in [6.45, 7) is 1.86. The molecule has 0 aliphatic carbocycles. The van der Waals surface area contributed by atoms with Gasteiger partial charge in [0, 0.05) is 26.7 Å². The molecule has 1 aromatic carbocycles. The van der Waals surface area contributed by atoms with Gasteiger partial charge in [0.1, 0.15) is 0 Å². The zero-order valence-corrected chi connectivity index (χ0v) is 11.1. The summed E-state index contributed by atoms with van der Waals surface area (Å²) < 4.78 is 4.82. The van der Waals surface area contributed by atoms with Crippen LogP contribution >= 0.6 is 0 Å². The Morgan fingerprint density at radius 3 is 3.16 bits per heavy atom. The summed E-state index contributed by atoms with van der Waals surface area (Å²) in [7, 11) is 1.52. The van der Waals surface area contributed by atoms with Crippen molar-refractivity contribution in [1.82, 2.24) is 10.6 Å². The molecule has 19 heavy (non-hydrogen) atoms. The highest BCUT2D eigenvalue weighted by atomic mass is 16.5. The van der Waals surface area contributed by atoms with Gasteiger partial charge in [-0.2, -0.15) is 0 Å². The maximum Gasteiger partial charge on any atom is 0.228 e. The molecule has 5 heteroatoms. The van der Waals surface area contributed by atoms with E-state index in [1.165, 1.54) is 7.11 Å². The fourth-order valence-corrected chi connectivity index (χ4v) is 2.32. The van der Waals surface area contributed by atoms with Crippen LogP contribution in [0.4, 0.5) is 0 Å². The van der Waals surface area contributed by atoms with E-state index in [1.54, 1.807) is 0 Å². The quantitative estimate of drug-likeness (QED) is 0.700. The van der Waals surface area contributed by atoms with Crippen molar-refractivity contribution in [2.24, 2.45) is 0 Å². The number of methoxy groups -OCH3 is 1. The van der Waals surface area contributed by atoms with Gasteiger partial charge in [-0.25, -0.2) is 0 Å². The first-order chi connectivity index (χ1) is 9.22. The van der Waals surface area contributed by atoms with Gasteiger partial charge in [0.05, 0.1) is 18.6 Å². The number of fused-ring (bicyclic) bond motifs is 1. The number of hydrogen-bond donors (Lipinski definition) is 3. The van der Waals surface area contributed by atoms with Crippen LogP contribution in [0, 0.1) is 0 Å². The Balaban J connectivity index is 1.97. The molecule has 0 saturated carbocycles. The monoisotopic (exact) mass is 264 g/mol. The standard InChI is InChI=1S/C14H20N2O3/c1-19-9-11(17)7-16-14(18)13-8-15-6-10-4-2-3-5-12(10)13/h2-5,11,13,15,17H,6-9H2,1H3,(H,16,18). The van der Waals surface area contributed by atoms with Crippen LogP contribution in [0.25, 0.3) is 0 Å². The van der Waals surface area contributed by atoms with E-state index in [-0.39, 0.29) is 25.0 Å². The topological polar surface area (TPSA) is 70.6 Å². The minimum absolute atomic E-state index is 0.0604. The van der Waals surface area contributed by atoms with Crippen molar-refractivity contribution in [2.45, 2.75) is 18.6 Å². The van der Waals surface area contributed by atoms with Crippen LogP contribution < -0.4 is 10.6 Å². The summed E-state index contributed by atoms with van der Waals surface area (Å²) in [5, 5.41) is 15.5. The Hall–Kier alpha value is -1.43. The second-order valence-electron chi connectivity index (χ2n) is 4.74. The molecule has 2 atom stereocenters. The molecule has 0 spiro atoms. The molecule has 0 aromatic heterocycles. The predicted octanol–water partition coefficient (Wildman–Crippen LogP) is -0.00310. The van der Waals surface area contributed by atoms with E-state index in [2.05, 4.69) is 10.6 Å². The molecule has 1 aromatic rings. The van der Waals surface area contributed by atoms with Crippen LogP contribution in [0.15, 0.2) is 24.3 Å². The first kappa shape index (κ1) is 14.0. The number of carbonyl (C=O) groups excluding carboxylic acids is 1. The third kappa shape index (κ3) is 3.53. The molecule has 104 valence electrons. The molecule has 0 radical (unpaired) electrons. The summed E-state index contributed by atoms with van der Waals surface area (Å²) in [6.07, 6.45) is -0.666. The average Bonchev–Trinajstić information content (AvgIpc) is 2.44. The van der Waals surface area contributed by atoms with E-state index in [1.807, 2.05) is 24.3 Å². The molecule has 1 amide bonds. The van der Waals surface area contributed by atoms with E-state index in [4.69, 9.17) is 4.74 Å². The second kappa shape index (κ2) is 6.65. The Kier molecular flexibility index (Phi) is 4.90. The maximum absolute atomic E-state index is 12.2. The molecule has 5 nitrogen and oxygen atoms in total. The normalized spacial score (nSPS) is 19.6. The summed E-state index contributed by atoms with van der Waals surface area (Å²) in [6, 6.07) is 7.95. The molecule has 1 heterocycles. The van der Waals surface area contributed by atoms with Crippen molar-refractivity contribution in [1.29, 1.82) is 0 Å². The molecular formula is C14H20N2O3. The SMILES string of the molecule is COCC(O)CNC(=O)C1CNCc2ccccc21. The lowest BCUT2D eigenvalue weighted by Gasteiger charge is -2.26. The average molecular weight is 264 g/mol. The molecule has 0 bridgehead atoms. The minimum Gasteiger partial charge on any atom is -0.389 e. The third-order valence-electron chi connectivity index (χ3n) is 3.28. The zero-order valence-electron chi connectivity index (χ0n) is 11.1. The van der Waals surface area contributed by atoms with Crippen LogP contribution in [0.2, 0.25) is 0 Å². The highest BCUT2D eigenvalue weighted by molar-refractivity contribution is 5.84. The van der Waals surface area contributed by atoms with Crippen molar-refractivity contribution < 1.29 is 14.6 Å². The fraction of sp³-hybridized carbons (Fsp3) is 0.500. The van der Waals surface area contributed by atoms with Gasteiger partial charge < -0.3 is 20.5 Å². The smallest absolute Gasteiger partial charge is 0.228 e. The van der Waals surface area contributed by atoms with Crippen LogP contribution in [0.1, 0.15) is 17.0 Å². The van der Waals surface area contributed by atoms with Crippen LogP contribution in [-0.4, -0.2) is 43.9 Å². The molecular weight excluding hydrogens is 244 g/mol. The highest BCUT2D eigenvalue weighted by Gasteiger charge is 2.26. The van der Waals surface area contributed by atoms with Gasteiger partial charge in [-0.1, -0.05) is 24.3 Å². The number of ether oxygens (including phenoxy) is 1. The third-order valence-corrected chi connectivity index (χ3v) is 3.28. The number of rotatable bonds is 5. The number of carbonyl (C=O) groups is 1. The van der Waals surface area contributed by atoms with Gasteiger partial charge in [-0.05, 0) is 11.1 Å². The zero-order chi connectivity index (χ0) is 13.7. The summed E-state index contributed by atoms with van der Waals surface area (Å²) in [4.78, 5) is 12.2. The van der Waals surface area contributed by atoms with E-state index in [9.17, 15) is 9.90 Å². The van der Waals surface area contributed by atoms with Crippen LogP contribution in [0.5, 0.6) is 0 Å². The lowest BCUT2D eigenvalue weighted by Crippen LogP contribution is -2.42. The molecule has 1 aliphatic heterocycles. The van der Waals surface area contributed by atoms with Crippen molar-refractivity contribution in [2.75, 3.05) is 26.8 Å². The maximum atomic E-state index is 12.2. The van der Waals surface area contributed by atoms with E-state index < -0.39 is 6.10 Å². The fourth-order valence-electron chi connectivity index (χ4n) is 2.32. The van der Waals surface area contributed by atoms with Crippen molar-refractivity contribution in [3.63, 3.8) is 0 Å². The van der Waals surface area contributed by atoms with Crippen molar-refractivity contribution in [3.8, 4) is 0 Å². The Morgan fingerprint density at radius 1 is 1.58 bits per heavy atom. The summed E-state index contributed by atoms with van der Waals surface area (Å²) >= 11 is 0. The first-order valence-electron chi connectivity index (χ1n) is 6.45. The van der Waals surface area contributed by atoms with Gasteiger partial charge in [0.15, 0.2) is 0 Å². The first-order valence-corrected chi connectivity index (χ1v) is 6.45. The number of aliphatic hydroxyl groups is 1. The Morgan fingerprint density at radius 2 is 2.37 bits per heavy atom. The molecule has 0 fully saturated rings. The number of benzene rings is 1. The largest absolute Gasteiger partial charge is 0.389 e. The second-order valence-corrected chi connectivity index (χ2v) is 4.74. The number of hydrogen-bond acceptors (Lipinski definition) is 4. The number of aliphatic hydroxyl groups excluding tert-OH is 1. The molecule has 2 unspecified atom stereocenters. The van der Waals surface area contributed by atoms with Crippen LogP contribution in [-0.2, 0) is 16.1 Å². The summed E-state index contributed by atoms with van der Waals surface area (Å²) in [5.41, 5.74) is 2.23. The van der Waals surface area contributed by atoms with Crippen molar-refractivity contribution >= 4 is 5.91 Å². The lowest BCUT2D eigenvalue weighted by atomic mass is 9.90. The molecule has 1 aliphatic rings. The van der Waals surface area contributed by atoms with Crippen LogP contribution in [0.3, 0.4) is 0 Å². The predicted molar refractivity (Wildman–Crippen MR) is 71.8 cm³/mol. The number of nitrogens with one attached hydrogen (secondary N) is 2. The van der Waals surface area contributed by atoms with Gasteiger partial charge in [-0.15, -0.1) is 0 Å². The van der Waals surface area contributed by atoms with E-state index in [0.717, 1.165) is 17.7 Å². The van der Waals surface area contributed by atoms with E-state index >= 15 is 0 Å². The van der Waals surface area contributed by atoms with Crippen molar-refractivity contribution in [3.05, 3.63) is 35.4 Å². The molecule has 2 rings (SSSR count). The Labute approximate surface area is 113 Å². The minimum atomic E-state index is -0.666. The lowest BCUT2D eigenvalue weighted by molar-refractivity contribution is -0.123. The summed E-state index contributed by atoms with van der Waals surface area (Å²) in [5.74, 6) is -0.255. The molecule has 0 saturated heterocycles. The molecule has 3 N–H and O–H groups in total. The van der Waals surface area contributed by atoms with Gasteiger partial charge in [0.2, 0.25) is 5.91 Å².